The molecule has 0 saturated carbocycles. The summed E-state index contributed by atoms with van der Waals surface area (Å²) in [5.41, 5.74) is 8.40. The normalized spacial score (nSPS) is 10.8. The molecule has 0 aliphatic rings. The first-order valence-corrected chi connectivity index (χ1v) is 10.7. The second-order valence-electron chi connectivity index (χ2n) is 7.71. The van der Waals surface area contributed by atoms with Gasteiger partial charge in [-0.05, 0) is 49.2 Å². The first kappa shape index (κ1) is 21.0. The van der Waals surface area contributed by atoms with E-state index in [2.05, 4.69) is 110 Å². The highest BCUT2D eigenvalue weighted by Crippen LogP contribution is 2.26. The monoisotopic (exact) mass is 408 g/mol. The lowest BCUT2D eigenvalue weighted by Gasteiger charge is -2.07. The minimum Gasteiger partial charge on any atom is -0.0622 e. The van der Waals surface area contributed by atoms with Gasteiger partial charge >= 0.3 is 0 Å². The molecule has 0 heteroatoms. The molecule has 0 unspecified atom stereocenters. The van der Waals surface area contributed by atoms with E-state index >= 15 is 0 Å². The molecule has 0 N–H and O–H groups in total. The Hall–Kier alpha value is -4.26. The molecule has 152 valence electrons. The van der Waals surface area contributed by atoms with Gasteiger partial charge < -0.3 is 0 Å². The molecule has 0 radical (unpaired) electrons. The Bertz CT molecular complexity index is 1220. The van der Waals surface area contributed by atoms with Crippen LogP contribution in [0.25, 0.3) is 11.1 Å². The predicted octanol–water partition coefficient (Wildman–Crippen LogP) is 7.32. The van der Waals surface area contributed by atoms with E-state index in [9.17, 15) is 0 Å². The van der Waals surface area contributed by atoms with E-state index in [4.69, 9.17) is 0 Å². The van der Waals surface area contributed by atoms with Crippen molar-refractivity contribution in [2.75, 3.05) is 0 Å². The van der Waals surface area contributed by atoms with E-state index in [1.807, 2.05) is 36.4 Å². The molecule has 0 spiro atoms. The number of allylic oxidation sites excluding steroid dienone is 2. The van der Waals surface area contributed by atoms with Crippen LogP contribution in [-0.4, -0.2) is 0 Å². The molecule has 32 heavy (non-hydrogen) atoms. The molecule has 0 bridgehead atoms. The topological polar surface area (TPSA) is 0 Å². The molecular formula is C32H24. The maximum absolute atomic E-state index is 3.44. The largest absolute Gasteiger partial charge is 0.0622 e. The van der Waals surface area contributed by atoms with Crippen molar-refractivity contribution in [2.45, 2.75) is 13.8 Å². The van der Waals surface area contributed by atoms with Crippen LogP contribution < -0.4 is 0 Å². The van der Waals surface area contributed by atoms with Gasteiger partial charge in [-0.15, -0.1) is 0 Å². The van der Waals surface area contributed by atoms with E-state index < -0.39 is 0 Å². The second-order valence-corrected chi connectivity index (χ2v) is 7.71. The molecule has 0 aromatic heterocycles. The fourth-order valence-corrected chi connectivity index (χ4v) is 3.31. The SMILES string of the molecule is Cc1ccc(C#C/C(=C(/C#Cc2ccc(C)cc2)c2ccccc2)c2ccccc2)cc1. The highest BCUT2D eigenvalue weighted by Gasteiger charge is 2.08. The highest BCUT2D eigenvalue weighted by atomic mass is 14.1. The number of rotatable bonds is 2. The van der Waals surface area contributed by atoms with Gasteiger partial charge in [-0.25, -0.2) is 0 Å². The summed E-state index contributed by atoms with van der Waals surface area (Å²) in [4.78, 5) is 0. The lowest BCUT2D eigenvalue weighted by Crippen LogP contribution is -1.90. The van der Waals surface area contributed by atoms with E-state index in [-0.39, 0.29) is 0 Å². The van der Waals surface area contributed by atoms with Crippen LogP contribution in [-0.2, 0) is 0 Å². The maximum atomic E-state index is 3.44. The molecule has 0 nitrogen and oxygen atoms in total. The van der Waals surface area contributed by atoms with Crippen molar-refractivity contribution in [1.82, 2.24) is 0 Å². The maximum Gasteiger partial charge on any atom is 0.0484 e. The Morgan fingerprint density at radius 2 is 0.781 bits per heavy atom. The second kappa shape index (κ2) is 10.2. The molecule has 0 amide bonds. The molecule has 4 aromatic rings. The Balaban J connectivity index is 1.91. The van der Waals surface area contributed by atoms with Gasteiger partial charge in [0.05, 0.1) is 0 Å². The lowest BCUT2D eigenvalue weighted by molar-refractivity contribution is 1.46. The van der Waals surface area contributed by atoms with Crippen molar-refractivity contribution in [1.29, 1.82) is 0 Å². The van der Waals surface area contributed by atoms with Crippen molar-refractivity contribution >= 4 is 11.1 Å². The van der Waals surface area contributed by atoms with Gasteiger partial charge in [0.1, 0.15) is 0 Å². The van der Waals surface area contributed by atoms with E-state index in [1.54, 1.807) is 0 Å². The van der Waals surface area contributed by atoms with Crippen LogP contribution in [0.15, 0.2) is 109 Å². The summed E-state index contributed by atoms with van der Waals surface area (Å²) in [5.74, 6) is 13.6. The van der Waals surface area contributed by atoms with Crippen LogP contribution in [0, 0.1) is 37.5 Å². The molecule has 0 aliphatic carbocycles. The average Bonchev–Trinajstić information content (AvgIpc) is 2.84. The first-order chi connectivity index (χ1) is 15.7. The van der Waals surface area contributed by atoms with Gasteiger partial charge in [0.15, 0.2) is 0 Å². The molecule has 0 saturated heterocycles. The standard InChI is InChI=1S/C32H24/c1-25-13-17-27(18-14-25)21-23-31(29-9-5-3-6-10-29)32(30-11-7-4-8-12-30)24-22-28-19-15-26(2)16-20-28/h3-20H,1-2H3/b32-31+. The lowest BCUT2D eigenvalue weighted by atomic mass is 9.94. The number of aryl methyl sites for hydroxylation is 2. The van der Waals surface area contributed by atoms with Gasteiger partial charge in [0.2, 0.25) is 0 Å². The minimum atomic E-state index is 0.928. The van der Waals surface area contributed by atoms with Gasteiger partial charge in [0, 0.05) is 22.3 Å². The van der Waals surface area contributed by atoms with Crippen molar-refractivity contribution < 1.29 is 0 Å². The summed E-state index contributed by atoms with van der Waals surface area (Å²) >= 11 is 0. The minimum absolute atomic E-state index is 0.928. The Morgan fingerprint density at radius 3 is 1.12 bits per heavy atom. The van der Waals surface area contributed by atoms with Crippen molar-refractivity contribution in [3.63, 3.8) is 0 Å². The van der Waals surface area contributed by atoms with Crippen molar-refractivity contribution in [3.8, 4) is 23.7 Å². The summed E-state index contributed by atoms with van der Waals surface area (Å²) in [6.07, 6.45) is 0. The number of benzene rings is 4. The summed E-state index contributed by atoms with van der Waals surface area (Å²) in [7, 11) is 0. The van der Waals surface area contributed by atoms with Crippen LogP contribution in [0.1, 0.15) is 33.4 Å². The molecule has 0 atom stereocenters. The fraction of sp³-hybridized carbons (Fsp3) is 0.0625. The van der Waals surface area contributed by atoms with Gasteiger partial charge in [-0.1, -0.05) is 120 Å². The van der Waals surface area contributed by atoms with Crippen LogP contribution in [0.5, 0.6) is 0 Å². The van der Waals surface area contributed by atoms with Crippen LogP contribution in [0.3, 0.4) is 0 Å². The first-order valence-electron chi connectivity index (χ1n) is 10.7. The summed E-state index contributed by atoms with van der Waals surface area (Å²) in [5, 5.41) is 0. The third-order valence-electron chi connectivity index (χ3n) is 5.14. The van der Waals surface area contributed by atoms with Gasteiger partial charge in [-0.2, -0.15) is 0 Å². The Morgan fingerprint density at radius 1 is 0.438 bits per heavy atom. The average molecular weight is 409 g/mol. The summed E-state index contributed by atoms with van der Waals surface area (Å²) < 4.78 is 0. The zero-order valence-electron chi connectivity index (χ0n) is 18.4. The zero-order valence-corrected chi connectivity index (χ0v) is 18.4. The molecule has 0 aliphatic heterocycles. The van der Waals surface area contributed by atoms with Gasteiger partial charge in [-0.3, -0.25) is 0 Å². The van der Waals surface area contributed by atoms with Gasteiger partial charge in [0.25, 0.3) is 0 Å². The quantitative estimate of drug-likeness (QED) is 0.241. The fourth-order valence-electron chi connectivity index (χ4n) is 3.31. The molecular weight excluding hydrogens is 384 g/mol. The smallest absolute Gasteiger partial charge is 0.0484 e. The number of hydrogen-bond acceptors (Lipinski definition) is 0. The predicted molar refractivity (Wildman–Crippen MR) is 136 cm³/mol. The van der Waals surface area contributed by atoms with Crippen LogP contribution >= 0.6 is 0 Å². The zero-order chi connectivity index (χ0) is 22.2. The molecule has 0 heterocycles. The number of hydrogen-bond donors (Lipinski definition) is 0. The Kier molecular flexibility index (Phi) is 6.67. The van der Waals surface area contributed by atoms with Crippen molar-refractivity contribution in [3.05, 3.63) is 143 Å². The third kappa shape index (κ3) is 5.46. The Labute approximate surface area is 191 Å². The van der Waals surface area contributed by atoms with Crippen molar-refractivity contribution in [2.24, 2.45) is 0 Å². The summed E-state index contributed by atoms with van der Waals surface area (Å²) in [6, 6.07) is 37.2. The van der Waals surface area contributed by atoms with E-state index in [0.717, 1.165) is 33.4 Å². The van der Waals surface area contributed by atoms with E-state index in [1.165, 1.54) is 11.1 Å². The molecule has 4 aromatic carbocycles. The highest BCUT2D eigenvalue weighted by molar-refractivity contribution is 6.04. The molecule has 0 fully saturated rings. The third-order valence-corrected chi connectivity index (χ3v) is 5.14. The van der Waals surface area contributed by atoms with E-state index in [0.29, 0.717) is 0 Å². The summed E-state index contributed by atoms with van der Waals surface area (Å²) in [6.45, 7) is 4.17. The van der Waals surface area contributed by atoms with Crippen LogP contribution in [0.4, 0.5) is 0 Å². The molecule has 4 rings (SSSR count). The van der Waals surface area contributed by atoms with Crippen LogP contribution in [0.2, 0.25) is 0 Å².